The Bertz CT molecular complexity index is 581. The van der Waals surface area contributed by atoms with Gasteiger partial charge in [0.1, 0.15) is 5.56 Å². The van der Waals surface area contributed by atoms with Crippen LogP contribution in [0, 0.1) is 0 Å². The Labute approximate surface area is 105 Å². The molecular formula is C13H16N2O3. The second kappa shape index (κ2) is 4.42. The fourth-order valence-electron chi connectivity index (χ4n) is 1.79. The Hall–Kier alpha value is -1.88. The van der Waals surface area contributed by atoms with E-state index in [1.807, 2.05) is 12.1 Å². The minimum absolute atomic E-state index is 0.195. The molecule has 18 heavy (non-hydrogen) atoms. The molecule has 0 aliphatic heterocycles. The number of rotatable bonds is 4. The predicted molar refractivity (Wildman–Crippen MR) is 66.8 cm³/mol. The molecule has 96 valence electrons. The maximum Gasteiger partial charge on any atom is 0.339 e. The molecule has 0 spiro atoms. The number of hydrogen-bond acceptors (Lipinski definition) is 3. The number of aliphatic hydroxyl groups is 1. The van der Waals surface area contributed by atoms with E-state index in [9.17, 15) is 9.90 Å². The molecule has 5 nitrogen and oxygen atoms in total. The number of aryl methyl sites for hydroxylation is 1. The molecule has 2 aromatic heterocycles. The van der Waals surface area contributed by atoms with Crippen molar-refractivity contribution in [3.05, 3.63) is 35.7 Å². The lowest BCUT2D eigenvalue weighted by Crippen LogP contribution is -2.19. The van der Waals surface area contributed by atoms with Gasteiger partial charge in [-0.05, 0) is 44.4 Å². The summed E-state index contributed by atoms with van der Waals surface area (Å²) >= 11 is 0. The first-order valence-corrected chi connectivity index (χ1v) is 5.79. The van der Waals surface area contributed by atoms with Gasteiger partial charge in [0.05, 0.1) is 17.3 Å². The van der Waals surface area contributed by atoms with E-state index < -0.39 is 11.6 Å². The van der Waals surface area contributed by atoms with Crippen LogP contribution in [0.25, 0.3) is 5.52 Å². The molecule has 0 aliphatic rings. The third kappa shape index (κ3) is 2.68. The molecule has 0 fully saturated rings. The number of aromatic carboxylic acids is 1. The zero-order valence-electron chi connectivity index (χ0n) is 10.4. The first-order chi connectivity index (χ1) is 8.37. The van der Waals surface area contributed by atoms with Crippen molar-refractivity contribution < 1.29 is 15.0 Å². The first-order valence-electron chi connectivity index (χ1n) is 5.79. The Morgan fingerprint density at radius 1 is 1.50 bits per heavy atom. The van der Waals surface area contributed by atoms with Gasteiger partial charge in [-0.3, -0.25) is 0 Å². The van der Waals surface area contributed by atoms with Crippen molar-refractivity contribution in [2.24, 2.45) is 0 Å². The first kappa shape index (κ1) is 12.6. The second-order valence-electron chi connectivity index (χ2n) is 5.04. The van der Waals surface area contributed by atoms with Gasteiger partial charge in [-0.15, -0.1) is 0 Å². The van der Waals surface area contributed by atoms with Gasteiger partial charge in [-0.2, -0.15) is 5.10 Å². The summed E-state index contributed by atoms with van der Waals surface area (Å²) in [7, 11) is 0. The number of carboxylic acid groups (broad SMARTS) is 1. The minimum atomic E-state index is -0.982. The lowest BCUT2D eigenvalue weighted by molar-refractivity contribution is 0.0694. The highest BCUT2D eigenvalue weighted by Gasteiger charge is 2.14. The van der Waals surface area contributed by atoms with Crippen molar-refractivity contribution in [3.8, 4) is 0 Å². The predicted octanol–water partition coefficient (Wildman–Crippen LogP) is 1.74. The van der Waals surface area contributed by atoms with Crippen LogP contribution in [0.1, 0.15) is 36.2 Å². The average Bonchev–Trinajstić information content (AvgIpc) is 2.68. The summed E-state index contributed by atoms with van der Waals surface area (Å²) < 4.78 is 1.54. The third-order valence-corrected chi connectivity index (χ3v) is 2.84. The Morgan fingerprint density at radius 3 is 2.83 bits per heavy atom. The van der Waals surface area contributed by atoms with E-state index in [-0.39, 0.29) is 5.56 Å². The highest BCUT2D eigenvalue weighted by molar-refractivity contribution is 5.95. The van der Waals surface area contributed by atoms with E-state index in [0.29, 0.717) is 18.4 Å². The minimum Gasteiger partial charge on any atom is -0.478 e. The van der Waals surface area contributed by atoms with Crippen LogP contribution in [0.5, 0.6) is 0 Å². The normalized spacial score (nSPS) is 11.9. The Kier molecular flexibility index (Phi) is 3.09. The number of pyridine rings is 1. The van der Waals surface area contributed by atoms with Gasteiger partial charge in [-0.1, -0.05) is 0 Å². The van der Waals surface area contributed by atoms with Crippen molar-refractivity contribution in [2.45, 2.75) is 32.3 Å². The highest BCUT2D eigenvalue weighted by Crippen LogP contribution is 2.17. The Morgan fingerprint density at radius 2 is 2.22 bits per heavy atom. The van der Waals surface area contributed by atoms with E-state index in [4.69, 9.17) is 5.11 Å². The van der Waals surface area contributed by atoms with Crippen LogP contribution in [0.2, 0.25) is 0 Å². The van der Waals surface area contributed by atoms with E-state index in [1.54, 1.807) is 20.0 Å². The summed E-state index contributed by atoms with van der Waals surface area (Å²) in [4.78, 5) is 11.0. The van der Waals surface area contributed by atoms with Gasteiger partial charge >= 0.3 is 5.97 Å². The summed E-state index contributed by atoms with van der Waals surface area (Å²) in [5.41, 5.74) is 1.05. The molecule has 2 heterocycles. The van der Waals surface area contributed by atoms with Crippen LogP contribution >= 0.6 is 0 Å². The summed E-state index contributed by atoms with van der Waals surface area (Å²) in [5, 5.41) is 22.7. The molecule has 0 saturated carbocycles. The van der Waals surface area contributed by atoms with Crippen molar-refractivity contribution in [2.75, 3.05) is 0 Å². The molecule has 0 saturated heterocycles. The average molecular weight is 248 g/mol. The zero-order chi connectivity index (χ0) is 13.3. The number of hydrogen-bond donors (Lipinski definition) is 2. The smallest absolute Gasteiger partial charge is 0.339 e. The van der Waals surface area contributed by atoms with Gasteiger partial charge in [0.15, 0.2) is 0 Å². The van der Waals surface area contributed by atoms with Gasteiger partial charge in [0, 0.05) is 6.20 Å². The molecule has 2 N–H and O–H groups in total. The number of fused-ring (bicyclic) bond motifs is 1. The standard InChI is InChI=1S/C13H16N2O3/c1-13(2,18)5-3-9-4-6-15-11(7-9)10(8-14-15)12(16)17/h4,6-8,18H,3,5H2,1-2H3,(H,16,17). The molecule has 2 rings (SSSR count). The van der Waals surface area contributed by atoms with Crippen molar-refractivity contribution in [1.29, 1.82) is 0 Å². The highest BCUT2D eigenvalue weighted by atomic mass is 16.4. The maximum absolute atomic E-state index is 11.0. The van der Waals surface area contributed by atoms with E-state index in [1.165, 1.54) is 10.7 Å². The third-order valence-electron chi connectivity index (χ3n) is 2.84. The van der Waals surface area contributed by atoms with Crippen molar-refractivity contribution in [1.82, 2.24) is 9.61 Å². The summed E-state index contributed by atoms with van der Waals surface area (Å²) in [6.07, 6.45) is 4.41. The van der Waals surface area contributed by atoms with E-state index >= 15 is 0 Å². The van der Waals surface area contributed by atoms with Crippen LogP contribution in [0.15, 0.2) is 24.5 Å². The largest absolute Gasteiger partial charge is 0.478 e. The van der Waals surface area contributed by atoms with Gasteiger partial charge in [0.25, 0.3) is 0 Å². The number of carboxylic acids is 1. The quantitative estimate of drug-likeness (QED) is 0.864. The van der Waals surface area contributed by atoms with Gasteiger partial charge in [-0.25, -0.2) is 9.31 Å². The Balaban J connectivity index is 2.31. The SMILES string of the molecule is CC(C)(O)CCc1ccn2ncc(C(=O)O)c2c1. The fraction of sp³-hybridized carbons (Fsp3) is 0.385. The van der Waals surface area contributed by atoms with Crippen molar-refractivity contribution >= 4 is 11.5 Å². The van der Waals surface area contributed by atoms with Gasteiger partial charge < -0.3 is 10.2 Å². The monoisotopic (exact) mass is 248 g/mol. The molecule has 0 atom stereocenters. The van der Waals surface area contributed by atoms with Crippen LogP contribution in [-0.2, 0) is 6.42 Å². The lowest BCUT2D eigenvalue weighted by Gasteiger charge is -2.16. The molecule has 0 amide bonds. The van der Waals surface area contributed by atoms with Crippen LogP contribution in [-0.4, -0.2) is 31.4 Å². The zero-order valence-corrected chi connectivity index (χ0v) is 10.4. The molecular weight excluding hydrogens is 232 g/mol. The number of nitrogens with zero attached hydrogens (tertiary/aromatic N) is 2. The van der Waals surface area contributed by atoms with Crippen molar-refractivity contribution in [3.63, 3.8) is 0 Å². The summed E-state index contributed by atoms with van der Waals surface area (Å²) in [6.45, 7) is 3.51. The molecule has 0 unspecified atom stereocenters. The summed E-state index contributed by atoms with van der Waals surface area (Å²) in [5.74, 6) is -0.982. The molecule has 0 radical (unpaired) electrons. The molecule has 0 bridgehead atoms. The molecule has 2 aromatic rings. The lowest BCUT2D eigenvalue weighted by atomic mass is 9.99. The fourth-order valence-corrected chi connectivity index (χ4v) is 1.79. The van der Waals surface area contributed by atoms with Gasteiger partial charge in [0.2, 0.25) is 0 Å². The second-order valence-corrected chi connectivity index (χ2v) is 5.04. The maximum atomic E-state index is 11.0. The molecule has 0 aromatic carbocycles. The number of carbonyl (C=O) groups is 1. The van der Waals surface area contributed by atoms with Crippen LogP contribution < -0.4 is 0 Å². The molecule has 5 heteroatoms. The molecule has 0 aliphatic carbocycles. The van der Waals surface area contributed by atoms with Crippen LogP contribution in [0.4, 0.5) is 0 Å². The van der Waals surface area contributed by atoms with E-state index in [0.717, 1.165) is 5.56 Å². The summed E-state index contributed by atoms with van der Waals surface area (Å²) in [6, 6.07) is 3.69. The number of aromatic nitrogens is 2. The van der Waals surface area contributed by atoms with E-state index in [2.05, 4.69) is 5.10 Å². The topological polar surface area (TPSA) is 74.8 Å². The van der Waals surface area contributed by atoms with Crippen LogP contribution in [0.3, 0.4) is 0 Å².